The Morgan fingerprint density at radius 3 is 0.823 bits per heavy atom. The van der Waals surface area contributed by atoms with Gasteiger partial charge in [0.2, 0.25) is 0 Å². The van der Waals surface area contributed by atoms with Crippen LogP contribution in [0.15, 0.2) is 85.1 Å². The Morgan fingerprint density at radius 1 is 0.304 bits per heavy atom. The molecule has 0 rings (SSSR count). The number of ether oxygens (including phenoxy) is 2. The molecule has 0 aromatic rings. The van der Waals surface area contributed by atoms with E-state index >= 15 is 0 Å². The zero-order chi connectivity index (χ0) is 56.9. The lowest BCUT2D eigenvalue weighted by molar-refractivity contribution is -0.161. The van der Waals surface area contributed by atoms with E-state index in [4.69, 9.17) is 9.47 Å². The van der Waals surface area contributed by atoms with E-state index in [0.29, 0.717) is 12.8 Å². The maximum absolute atomic E-state index is 12.4. The summed E-state index contributed by atoms with van der Waals surface area (Å²) in [7, 11) is 0. The second kappa shape index (κ2) is 69.3. The average Bonchev–Trinajstić information content (AvgIpc) is 3.45. The molecule has 0 aliphatic rings. The molecule has 0 aliphatic heterocycles. The fraction of sp³-hybridized carbons (Fsp3) is 0.784. The number of unbranched alkanes of at least 4 members (excludes halogenated alkanes) is 42. The number of aliphatic hydroxyl groups is 1. The summed E-state index contributed by atoms with van der Waals surface area (Å²) >= 11 is 0. The van der Waals surface area contributed by atoms with Gasteiger partial charge < -0.3 is 14.6 Å². The predicted octanol–water partition coefficient (Wildman–Crippen LogP) is 24.0. The zero-order valence-electron chi connectivity index (χ0n) is 52.6. The van der Waals surface area contributed by atoms with E-state index < -0.39 is 6.10 Å². The van der Waals surface area contributed by atoms with Crippen molar-refractivity contribution in [1.29, 1.82) is 0 Å². The molecule has 0 aliphatic carbocycles. The summed E-state index contributed by atoms with van der Waals surface area (Å²) in [6, 6.07) is 0. The SMILES string of the molecule is CC/C=C\C/C=C\C/C=C\C/C=C\C/C=C\C/C=C\C/C=C\CCCCCCCCCCCCCCCC(=O)OC(CO)COC(=O)CCCCCCCCCCCCCCCCCCCCCCCCCCCCCCCC. The van der Waals surface area contributed by atoms with Gasteiger partial charge in [-0.15, -0.1) is 0 Å². The highest BCUT2D eigenvalue weighted by molar-refractivity contribution is 5.70. The van der Waals surface area contributed by atoms with Crippen LogP contribution in [0.25, 0.3) is 0 Å². The first-order valence-electron chi connectivity index (χ1n) is 34.6. The van der Waals surface area contributed by atoms with Crippen molar-refractivity contribution in [3.63, 3.8) is 0 Å². The van der Waals surface area contributed by atoms with Crippen LogP contribution in [0.2, 0.25) is 0 Å². The first kappa shape index (κ1) is 76.1. The summed E-state index contributed by atoms with van der Waals surface area (Å²) in [5, 5.41) is 9.70. The van der Waals surface area contributed by atoms with Gasteiger partial charge in [-0.25, -0.2) is 0 Å². The van der Waals surface area contributed by atoms with Crippen LogP contribution in [0.4, 0.5) is 0 Å². The molecule has 0 heterocycles. The van der Waals surface area contributed by atoms with Crippen molar-refractivity contribution in [3.05, 3.63) is 85.1 Å². The molecule has 0 aromatic heterocycles. The van der Waals surface area contributed by atoms with E-state index in [-0.39, 0.29) is 25.2 Å². The molecule has 1 atom stereocenters. The fourth-order valence-electron chi connectivity index (χ4n) is 10.3. The van der Waals surface area contributed by atoms with E-state index in [9.17, 15) is 14.7 Å². The molecule has 0 amide bonds. The lowest BCUT2D eigenvalue weighted by atomic mass is 10.0. The number of esters is 2. The predicted molar refractivity (Wildman–Crippen MR) is 348 cm³/mol. The average molecular weight is 1100 g/mol. The van der Waals surface area contributed by atoms with Crippen LogP contribution in [0.3, 0.4) is 0 Å². The molecule has 458 valence electrons. The van der Waals surface area contributed by atoms with Crippen molar-refractivity contribution in [2.45, 2.75) is 360 Å². The molecule has 5 nitrogen and oxygen atoms in total. The third-order valence-electron chi connectivity index (χ3n) is 15.5. The monoisotopic (exact) mass is 1100 g/mol. The standard InChI is InChI=1S/C74H132O5/c1-3-5-7-9-11-13-15-17-19-21-23-25-27-29-31-33-35-36-37-38-39-41-43-45-47-49-51-53-55-57-59-61-63-65-67-69-74(77)79-72(70-75)71-78-73(76)68-66-64-62-60-58-56-54-52-50-48-46-44-42-40-34-32-30-28-26-24-22-20-18-16-14-12-10-8-6-4-2/h5,7,11,13,17,19,23,25,29,31,35-36,38-39,72,75H,3-4,6,8-10,12,14-16,18,20-22,24,26-28,30,32-34,37,40-71H2,1-2H3/b7-5-,13-11-,19-17-,25-23-,31-29-,36-35-,39-38-. The first-order valence-corrected chi connectivity index (χ1v) is 34.6. The third kappa shape index (κ3) is 67.5. The molecule has 1 N–H and O–H groups in total. The second-order valence-electron chi connectivity index (χ2n) is 23.2. The molecule has 0 aromatic carbocycles. The molecule has 0 saturated heterocycles. The van der Waals surface area contributed by atoms with Crippen LogP contribution in [-0.4, -0.2) is 36.4 Å². The highest BCUT2D eigenvalue weighted by atomic mass is 16.6. The number of hydrogen-bond acceptors (Lipinski definition) is 5. The van der Waals surface area contributed by atoms with Gasteiger partial charge in [0, 0.05) is 12.8 Å². The van der Waals surface area contributed by atoms with Crippen molar-refractivity contribution in [2.24, 2.45) is 0 Å². The number of carbonyl (C=O) groups excluding carboxylic acids is 2. The minimum absolute atomic E-state index is 0.0644. The van der Waals surface area contributed by atoms with Crippen LogP contribution in [-0.2, 0) is 19.1 Å². The third-order valence-corrected chi connectivity index (χ3v) is 15.5. The normalized spacial score (nSPS) is 12.7. The van der Waals surface area contributed by atoms with Crippen molar-refractivity contribution >= 4 is 11.9 Å². The smallest absolute Gasteiger partial charge is 0.306 e. The number of hydrogen-bond donors (Lipinski definition) is 1. The van der Waals surface area contributed by atoms with Crippen molar-refractivity contribution in [1.82, 2.24) is 0 Å². The van der Waals surface area contributed by atoms with Gasteiger partial charge in [-0.3, -0.25) is 9.59 Å². The van der Waals surface area contributed by atoms with Gasteiger partial charge in [-0.2, -0.15) is 0 Å². The summed E-state index contributed by atoms with van der Waals surface area (Å²) in [6.07, 6.45) is 97.6. The van der Waals surface area contributed by atoms with Crippen LogP contribution < -0.4 is 0 Å². The molecule has 0 saturated carbocycles. The Balaban J connectivity index is 3.45. The summed E-state index contributed by atoms with van der Waals surface area (Å²) < 4.78 is 10.8. The Kier molecular flexibility index (Phi) is 66.8. The largest absolute Gasteiger partial charge is 0.462 e. The van der Waals surface area contributed by atoms with Crippen LogP contribution >= 0.6 is 0 Å². The zero-order valence-corrected chi connectivity index (χ0v) is 52.6. The molecule has 1 unspecified atom stereocenters. The molecular formula is C74H132O5. The summed E-state index contributed by atoms with van der Waals surface area (Å²) in [5.74, 6) is -0.577. The lowest BCUT2D eigenvalue weighted by Gasteiger charge is -2.15. The van der Waals surface area contributed by atoms with Gasteiger partial charge in [0.1, 0.15) is 6.61 Å². The Hall–Kier alpha value is -2.92. The Morgan fingerprint density at radius 2 is 0.544 bits per heavy atom. The van der Waals surface area contributed by atoms with E-state index in [1.807, 2.05) is 0 Å². The Labute approximate surface area is 492 Å². The summed E-state index contributed by atoms with van der Waals surface area (Å²) in [6.45, 7) is 4.07. The van der Waals surface area contributed by atoms with E-state index in [0.717, 1.165) is 83.5 Å². The minimum atomic E-state index is -0.776. The highest BCUT2D eigenvalue weighted by Crippen LogP contribution is 2.18. The van der Waals surface area contributed by atoms with Gasteiger partial charge in [0.15, 0.2) is 6.10 Å². The molecule has 0 bridgehead atoms. The highest BCUT2D eigenvalue weighted by Gasteiger charge is 2.16. The summed E-state index contributed by atoms with van der Waals surface area (Å²) in [5.41, 5.74) is 0. The topological polar surface area (TPSA) is 72.8 Å². The fourth-order valence-corrected chi connectivity index (χ4v) is 10.3. The van der Waals surface area contributed by atoms with E-state index in [1.165, 1.54) is 244 Å². The number of rotatable bonds is 64. The molecule has 0 fully saturated rings. The molecular weight excluding hydrogens is 969 g/mol. The maximum atomic E-state index is 12.4. The summed E-state index contributed by atoms with van der Waals surface area (Å²) in [4.78, 5) is 24.6. The molecule has 0 radical (unpaired) electrons. The van der Waals surface area contributed by atoms with Gasteiger partial charge in [0.25, 0.3) is 0 Å². The number of carbonyl (C=O) groups is 2. The van der Waals surface area contributed by atoms with E-state index in [1.54, 1.807) is 0 Å². The van der Waals surface area contributed by atoms with Crippen LogP contribution in [0.5, 0.6) is 0 Å². The molecule has 79 heavy (non-hydrogen) atoms. The van der Waals surface area contributed by atoms with Gasteiger partial charge in [-0.05, 0) is 70.6 Å². The van der Waals surface area contributed by atoms with Gasteiger partial charge in [0.05, 0.1) is 6.61 Å². The van der Waals surface area contributed by atoms with Crippen molar-refractivity contribution in [2.75, 3.05) is 13.2 Å². The minimum Gasteiger partial charge on any atom is -0.462 e. The van der Waals surface area contributed by atoms with Gasteiger partial charge in [-0.1, -0.05) is 356 Å². The maximum Gasteiger partial charge on any atom is 0.306 e. The quantitative estimate of drug-likeness (QED) is 0.0373. The number of aliphatic hydroxyl groups excluding tert-OH is 1. The lowest BCUT2D eigenvalue weighted by Crippen LogP contribution is -2.28. The van der Waals surface area contributed by atoms with Gasteiger partial charge >= 0.3 is 11.9 Å². The number of allylic oxidation sites excluding steroid dienone is 14. The van der Waals surface area contributed by atoms with Crippen LogP contribution in [0.1, 0.15) is 354 Å². The molecule has 0 spiro atoms. The second-order valence-corrected chi connectivity index (χ2v) is 23.2. The first-order chi connectivity index (χ1) is 39.1. The Bertz CT molecular complexity index is 1430. The van der Waals surface area contributed by atoms with Crippen LogP contribution in [0, 0.1) is 0 Å². The van der Waals surface area contributed by atoms with Crippen molar-refractivity contribution in [3.8, 4) is 0 Å². The molecule has 5 heteroatoms. The van der Waals surface area contributed by atoms with Crippen molar-refractivity contribution < 1.29 is 24.2 Å². The van der Waals surface area contributed by atoms with E-state index in [2.05, 4.69) is 98.9 Å².